The molecule has 0 saturated carbocycles. The van der Waals surface area contributed by atoms with Gasteiger partial charge in [0.25, 0.3) is 0 Å². The summed E-state index contributed by atoms with van der Waals surface area (Å²) >= 11 is 0. The number of quaternary nitrogens is 1. The first-order chi connectivity index (χ1) is 7.14. The predicted octanol–water partition coefficient (Wildman–Crippen LogP) is 1.77. The zero-order valence-electron chi connectivity index (χ0n) is 9.56. The lowest BCUT2D eigenvalue weighted by atomic mass is 10.2. The Morgan fingerprint density at radius 1 is 1.20 bits per heavy atom. The molecule has 0 spiro atoms. The van der Waals surface area contributed by atoms with Crippen LogP contribution in [0.1, 0.15) is 5.56 Å². The van der Waals surface area contributed by atoms with Crippen molar-refractivity contribution in [2.75, 3.05) is 33.8 Å². The van der Waals surface area contributed by atoms with Crippen LogP contribution in [0.4, 0.5) is 0 Å². The van der Waals surface area contributed by atoms with Gasteiger partial charge < -0.3 is 9.59 Å². The van der Waals surface area contributed by atoms with Gasteiger partial charge in [0.05, 0.1) is 27.2 Å². The molecule has 0 unspecified atom stereocenters. The summed E-state index contributed by atoms with van der Waals surface area (Å²) in [4.78, 5) is 0. The fraction of sp³-hybridized carbons (Fsp3) is 0.385. The molecule has 0 aliphatic heterocycles. The van der Waals surface area contributed by atoms with Gasteiger partial charge in [-0.25, -0.2) is 0 Å². The van der Waals surface area contributed by atoms with Crippen LogP contribution in [0.3, 0.4) is 0 Å². The number of aliphatic hydroxyl groups is 1. The highest BCUT2D eigenvalue weighted by molar-refractivity contribution is 5.48. The quantitative estimate of drug-likeness (QED) is 0.728. The minimum atomic E-state index is 0.242. The summed E-state index contributed by atoms with van der Waals surface area (Å²) < 4.78 is 0.819. The van der Waals surface area contributed by atoms with Crippen LogP contribution in [0.2, 0.25) is 0 Å². The first-order valence-corrected chi connectivity index (χ1v) is 5.28. The second-order valence-corrected chi connectivity index (χ2v) is 4.38. The lowest BCUT2D eigenvalue weighted by Gasteiger charge is -2.27. The molecule has 2 heteroatoms. The maximum Gasteiger partial charge on any atom is 0.102 e. The number of hydrogen-bond acceptors (Lipinski definition) is 1. The number of hydrogen-bond donors (Lipinski definition) is 1. The van der Waals surface area contributed by atoms with Crippen molar-refractivity contribution in [3.63, 3.8) is 0 Å². The summed E-state index contributed by atoms with van der Waals surface area (Å²) in [7, 11) is 4.23. The van der Waals surface area contributed by atoms with Crippen molar-refractivity contribution in [1.29, 1.82) is 0 Å². The Balaban J connectivity index is 2.46. The van der Waals surface area contributed by atoms with Crippen molar-refractivity contribution in [1.82, 2.24) is 0 Å². The largest absolute Gasteiger partial charge is 0.391 e. The maximum absolute atomic E-state index is 8.88. The van der Waals surface area contributed by atoms with E-state index in [4.69, 9.17) is 5.11 Å². The van der Waals surface area contributed by atoms with E-state index in [0.717, 1.165) is 17.6 Å². The summed E-state index contributed by atoms with van der Waals surface area (Å²) in [5.41, 5.74) is 1.22. The van der Waals surface area contributed by atoms with Crippen molar-refractivity contribution < 1.29 is 9.59 Å². The van der Waals surface area contributed by atoms with E-state index in [1.807, 2.05) is 18.2 Å². The zero-order chi connectivity index (χ0) is 11.1. The fourth-order valence-corrected chi connectivity index (χ4v) is 1.40. The highest BCUT2D eigenvalue weighted by atomic mass is 16.3. The van der Waals surface area contributed by atoms with Gasteiger partial charge in [-0.3, -0.25) is 0 Å². The number of rotatable bonds is 5. The van der Waals surface area contributed by atoms with Crippen molar-refractivity contribution in [3.05, 3.63) is 42.0 Å². The van der Waals surface area contributed by atoms with E-state index >= 15 is 0 Å². The standard InChI is InChI=1S/C13H20NO/c1-14(2,11-12-15)10-6-9-13-7-4-3-5-8-13/h3-9,15H,10-12H2,1-2H3/q+1/b9-6+. The Morgan fingerprint density at radius 2 is 1.87 bits per heavy atom. The van der Waals surface area contributed by atoms with Crippen LogP contribution in [-0.2, 0) is 0 Å². The van der Waals surface area contributed by atoms with Crippen molar-refractivity contribution >= 4 is 6.08 Å². The Morgan fingerprint density at radius 3 is 2.47 bits per heavy atom. The molecule has 0 heterocycles. The Bertz CT molecular complexity index is 304. The van der Waals surface area contributed by atoms with Gasteiger partial charge in [0, 0.05) is 0 Å². The van der Waals surface area contributed by atoms with E-state index in [0.29, 0.717) is 0 Å². The van der Waals surface area contributed by atoms with E-state index in [9.17, 15) is 0 Å². The Hall–Kier alpha value is -1.12. The lowest BCUT2D eigenvalue weighted by molar-refractivity contribution is -0.884. The second-order valence-electron chi connectivity index (χ2n) is 4.38. The lowest BCUT2D eigenvalue weighted by Crippen LogP contribution is -2.41. The van der Waals surface area contributed by atoms with Crippen molar-refractivity contribution in [3.8, 4) is 0 Å². The van der Waals surface area contributed by atoms with Crippen LogP contribution < -0.4 is 0 Å². The molecule has 0 radical (unpaired) electrons. The van der Waals surface area contributed by atoms with Crippen LogP contribution in [0, 0.1) is 0 Å². The Kier molecular flexibility index (Phi) is 4.53. The van der Waals surface area contributed by atoms with Crippen LogP contribution in [-0.4, -0.2) is 43.4 Å². The number of benzene rings is 1. The molecule has 0 aromatic heterocycles. The third-order valence-electron chi connectivity index (χ3n) is 2.41. The molecule has 1 aromatic carbocycles. The molecule has 0 amide bonds. The molecule has 1 rings (SSSR count). The number of aliphatic hydroxyl groups excluding tert-OH is 1. The van der Waals surface area contributed by atoms with Gasteiger partial charge in [-0.2, -0.15) is 0 Å². The minimum absolute atomic E-state index is 0.242. The Labute approximate surface area is 92.1 Å². The molecule has 0 aliphatic carbocycles. The summed E-state index contributed by atoms with van der Waals surface area (Å²) in [6, 6.07) is 10.3. The highest BCUT2D eigenvalue weighted by Gasteiger charge is 2.10. The monoisotopic (exact) mass is 206 g/mol. The number of nitrogens with zero attached hydrogens (tertiary/aromatic N) is 1. The summed E-state index contributed by atoms with van der Waals surface area (Å²) in [6.45, 7) is 1.97. The second kappa shape index (κ2) is 5.69. The highest BCUT2D eigenvalue weighted by Crippen LogP contribution is 2.03. The van der Waals surface area contributed by atoms with Crippen LogP contribution >= 0.6 is 0 Å². The van der Waals surface area contributed by atoms with Gasteiger partial charge in [0.1, 0.15) is 6.54 Å². The first kappa shape index (κ1) is 12.0. The predicted molar refractivity (Wildman–Crippen MR) is 64.4 cm³/mol. The van der Waals surface area contributed by atoms with Gasteiger partial charge >= 0.3 is 0 Å². The van der Waals surface area contributed by atoms with E-state index in [1.54, 1.807) is 0 Å². The third kappa shape index (κ3) is 4.77. The van der Waals surface area contributed by atoms with Crippen molar-refractivity contribution in [2.45, 2.75) is 0 Å². The van der Waals surface area contributed by atoms with Crippen molar-refractivity contribution in [2.24, 2.45) is 0 Å². The van der Waals surface area contributed by atoms with E-state index in [-0.39, 0.29) is 6.61 Å². The van der Waals surface area contributed by atoms with Gasteiger partial charge in [0.15, 0.2) is 0 Å². The molecule has 0 atom stereocenters. The average Bonchev–Trinajstić information content (AvgIpc) is 2.19. The summed E-state index contributed by atoms with van der Waals surface area (Å²) in [6.07, 6.45) is 4.28. The van der Waals surface area contributed by atoms with E-state index in [2.05, 4.69) is 38.4 Å². The zero-order valence-corrected chi connectivity index (χ0v) is 9.56. The topological polar surface area (TPSA) is 20.2 Å². The molecule has 0 bridgehead atoms. The molecule has 1 N–H and O–H groups in total. The van der Waals surface area contributed by atoms with E-state index in [1.165, 1.54) is 5.56 Å². The molecule has 15 heavy (non-hydrogen) atoms. The SMILES string of the molecule is C[N+](C)(C/C=C/c1ccccc1)CCO. The number of likely N-dealkylation sites (N-methyl/N-ethyl adjacent to an activating group) is 1. The van der Waals surface area contributed by atoms with Gasteiger partial charge in [-0.15, -0.1) is 0 Å². The molecule has 1 aromatic rings. The molecular weight excluding hydrogens is 186 g/mol. The molecule has 0 aliphatic rings. The average molecular weight is 206 g/mol. The van der Waals surface area contributed by atoms with Gasteiger partial charge in [-0.1, -0.05) is 36.4 Å². The first-order valence-electron chi connectivity index (χ1n) is 5.28. The molecule has 0 fully saturated rings. The van der Waals surface area contributed by atoms with Gasteiger partial charge in [-0.05, 0) is 11.6 Å². The van der Waals surface area contributed by atoms with Crippen LogP contribution in [0.5, 0.6) is 0 Å². The molecule has 2 nitrogen and oxygen atoms in total. The normalized spacial score (nSPS) is 12.2. The summed E-state index contributed by atoms with van der Waals surface area (Å²) in [5, 5.41) is 8.88. The fourth-order valence-electron chi connectivity index (χ4n) is 1.40. The van der Waals surface area contributed by atoms with E-state index < -0.39 is 0 Å². The summed E-state index contributed by atoms with van der Waals surface area (Å²) in [5.74, 6) is 0. The minimum Gasteiger partial charge on any atom is -0.391 e. The molecule has 82 valence electrons. The smallest absolute Gasteiger partial charge is 0.102 e. The molecular formula is C13H20NO+. The third-order valence-corrected chi connectivity index (χ3v) is 2.41. The van der Waals surface area contributed by atoms with Crippen LogP contribution in [0.25, 0.3) is 6.08 Å². The van der Waals surface area contributed by atoms with Gasteiger partial charge in [0.2, 0.25) is 0 Å². The maximum atomic E-state index is 8.88. The molecule has 0 saturated heterocycles. The van der Waals surface area contributed by atoms with Crippen LogP contribution in [0.15, 0.2) is 36.4 Å².